The minimum absolute atomic E-state index is 0.0424. The molecule has 1 aromatic rings. The van der Waals surface area contributed by atoms with Gasteiger partial charge in [-0.15, -0.1) is 0 Å². The van der Waals surface area contributed by atoms with Crippen LogP contribution in [0.1, 0.15) is 41.0 Å². The van der Waals surface area contributed by atoms with Gasteiger partial charge in [-0.05, 0) is 31.5 Å². The Kier molecular flexibility index (Phi) is 6.40. The van der Waals surface area contributed by atoms with Gasteiger partial charge in [0.2, 0.25) is 11.8 Å². The van der Waals surface area contributed by atoms with Gasteiger partial charge in [0.05, 0.1) is 6.54 Å². The summed E-state index contributed by atoms with van der Waals surface area (Å²) in [6.07, 6.45) is 0.903. The van der Waals surface area contributed by atoms with Gasteiger partial charge < -0.3 is 16.0 Å². The Morgan fingerprint density at radius 2 is 1.82 bits per heavy atom. The summed E-state index contributed by atoms with van der Waals surface area (Å²) in [4.78, 5) is 23.7. The predicted molar refractivity (Wildman–Crippen MR) is 90.9 cm³/mol. The molecule has 0 fully saturated rings. The van der Waals surface area contributed by atoms with Crippen molar-refractivity contribution in [1.82, 2.24) is 5.32 Å². The molecule has 0 aliphatic rings. The molecule has 1 rings (SSSR count). The first kappa shape index (κ1) is 18.0. The zero-order chi connectivity index (χ0) is 16.8. The Labute approximate surface area is 132 Å². The van der Waals surface area contributed by atoms with E-state index in [4.69, 9.17) is 0 Å². The van der Waals surface area contributed by atoms with Crippen molar-refractivity contribution in [3.63, 3.8) is 0 Å². The Bertz CT molecular complexity index is 521. The Morgan fingerprint density at radius 1 is 1.18 bits per heavy atom. The number of anilines is 2. The summed E-state index contributed by atoms with van der Waals surface area (Å²) in [6.45, 7) is 9.80. The summed E-state index contributed by atoms with van der Waals surface area (Å²) in [5, 5.41) is 8.83. The molecule has 0 aliphatic heterocycles. The average Bonchev–Trinajstić information content (AvgIpc) is 2.44. The summed E-state index contributed by atoms with van der Waals surface area (Å²) in [5.41, 5.74) is 1.07. The maximum Gasteiger partial charge on any atom is 0.239 e. The topological polar surface area (TPSA) is 70.2 Å². The Hall–Kier alpha value is -2.04. The highest BCUT2D eigenvalue weighted by atomic mass is 16.2. The fourth-order valence-electron chi connectivity index (χ4n) is 1.64. The van der Waals surface area contributed by atoms with E-state index in [1.165, 1.54) is 0 Å². The van der Waals surface area contributed by atoms with Crippen LogP contribution in [0.5, 0.6) is 0 Å². The zero-order valence-electron chi connectivity index (χ0n) is 14.1. The van der Waals surface area contributed by atoms with Gasteiger partial charge in [-0.2, -0.15) is 0 Å². The van der Waals surface area contributed by atoms with Crippen molar-refractivity contribution in [2.75, 3.05) is 17.2 Å². The van der Waals surface area contributed by atoms with Crippen molar-refractivity contribution < 1.29 is 9.59 Å². The maximum atomic E-state index is 12.0. The van der Waals surface area contributed by atoms with Crippen LogP contribution in [0.15, 0.2) is 24.3 Å². The molecule has 0 radical (unpaired) electrons. The van der Waals surface area contributed by atoms with Crippen LogP contribution in [0.2, 0.25) is 0 Å². The number of carbonyl (C=O) groups excluding carboxylic acids is 2. The van der Waals surface area contributed by atoms with E-state index in [9.17, 15) is 9.59 Å². The summed E-state index contributed by atoms with van der Waals surface area (Å²) in [5.74, 6) is -0.0855. The lowest BCUT2D eigenvalue weighted by Crippen LogP contribution is -2.36. The predicted octanol–water partition coefficient (Wildman–Crippen LogP) is 3.00. The fourth-order valence-corrected chi connectivity index (χ4v) is 1.64. The van der Waals surface area contributed by atoms with E-state index in [-0.39, 0.29) is 24.4 Å². The molecule has 3 N–H and O–H groups in total. The van der Waals surface area contributed by atoms with Gasteiger partial charge in [-0.1, -0.05) is 33.8 Å². The molecule has 1 aromatic carbocycles. The quantitative estimate of drug-likeness (QED) is 0.756. The van der Waals surface area contributed by atoms with Crippen LogP contribution in [0.25, 0.3) is 0 Å². The van der Waals surface area contributed by atoms with Gasteiger partial charge in [-0.25, -0.2) is 0 Å². The van der Waals surface area contributed by atoms with Gasteiger partial charge in [0, 0.05) is 22.8 Å². The summed E-state index contributed by atoms with van der Waals surface area (Å²) < 4.78 is 0. The van der Waals surface area contributed by atoms with Crippen molar-refractivity contribution in [1.29, 1.82) is 0 Å². The second kappa shape index (κ2) is 7.82. The molecule has 0 spiro atoms. The molecule has 5 heteroatoms. The third-order valence-corrected chi connectivity index (χ3v) is 3.27. The van der Waals surface area contributed by atoms with E-state index < -0.39 is 5.41 Å². The summed E-state index contributed by atoms with van der Waals surface area (Å²) in [6, 6.07) is 7.52. The second-order valence-corrected chi connectivity index (χ2v) is 6.52. The first-order valence-corrected chi connectivity index (χ1v) is 7.67. The number of carbonyl (C=O) groups is 2. The van der Waals surface area contributed by atoms with Crippen LogP contribution in [-0.4, -0.2) is 24.4 Å². The summed E-state index contributed by atoms with van der Waals surface area (Å²) in [7, 11) is 0. The highest BCUT2D eigenvalue weighted by Crippen LogP contribution is 2.19. The minimum Gasteiger partial charge on any atom is -0.376 e. The number of rotatable bonds is 6. The van der Waals surface area contributed by atoms with Gasteiger partial charge in [0.15, 0.2) is 0 Å². The molecular weight excluding hydrogens is 278 g/mol. The Morgan fingerprint density at radius 3 is 2.41 bits per heavy atom. The molecule has 0 heterocycles. The van der Waals surface area contributed by atoms with E-state index in [0.717, 1.165) is 12.1 Å². The van der Waals surface area contributed by atoms with Crippen molar-refractivity contribution >= 4 is 23.2 Å². The SMILES string of the molecule is CCC(C)NC(=O)CNc1cccc(NC(=O)C(C)(C)C)c1. The number of hydrogen-bond acceptors (Lipinski definition) is 3. The highest BCUT2D eigenvalue weighted by molar-refractivity contribution is 5.95. The molecule has 122 valence electrons. The zero-order valence-corrected chi connectivity index (χ0v) is 14.1. The molecule has 1 atom stereocenters. The minimum atomic E-state index is -0.445. The average molecular weight is 305 g/mol. The van der Waals surface area contributed by atoms with Crippen molar-refractivity contribution in [3.05, 3.63) is 24.3 Å². The molecule has 1 unspecified atom stereocenters. The van der Waals surface area contributed by atoms with Gasteiger partial charge in [-0.3, -0.25) is 9.59 Å². The number of benzene rings is 1. The second-order valence-electron chi connectivity index (χ2n) is 6.52. The lowest BCUT2D eigenvalue weighted by Gasteiger charge is -2.18. The lowest BCUT2D eigenvalue weighted by atomic mass is 9.95. The van der Waals surface area contributed by atoms with Crippen LogP contribution >= 0.6 is 0 Å². The molecule has 0 saturated carbocycles. The maximum absolute atomic E-state index is 12.0. The first-order valence-electron chi connectivity index (χ1n) is 7.67. The van der Waals surface area contributed by atoms with Crippen LogP contribution < -0.4 is 16.0 Å². The van der Waals surface area contributed by atoms with Crippen molar-refractivity contribution in [2.24, 2.45) is 5.41 Å². The largest absolute Gasteiger partial charge is 0.376 e. The summed E-state index contributed by atoms with van der Waals surface area (Å²) >= 11 is 0. The smallest absolute Gasteiger partial charge is 0.239 e. The standard InChI is InChI=1S/C17H27N3O2/c1-6-12(2)19-15(21)11-18-13-8-7-9-14(10-13)20-16(22)17(3,4)5/h7-10,12,18H,6,11H2,1-5H3,(H,19,21)(H,20,22). The number of hydrogen-bond donors (Lipinski definition) is 3. The molecule has 22 heavy (non-hydrogen) atoms. The monoisotopic (exact) mass is 305 g/mol. The first-order chi connectivity index (χ1) is 10.2. The third-order valence-electron chi connectivity index (χ3n) is 3.27. The molecule has 0 aromatic heterocycles. The van der Waals surface area contributed by atoms with Gasteiger partial charge >= 0.3 is 0 Å². The normalized spacial score (nSPS) is 12.4. The Balaban J connectivity index is 2.58. The molecule has 5 nitrogen and oxygen atoms in total. The van der Waals surface area contributed by atoms with Crippen molar-refractivity contribution in [3.8, 4) is 0 Å². The number of nitrogens with one attached hydrogen (secondary N) is 3. The van der Waals surface area contributed by atoms with E-state index in [1.807, 2.05) is 58.9 Å². The lowest BCUT2D eigenvalue weighted by molar-refractivity contribution is -0.123. The van der Waals surface area contributed by atoms with Crippen LogP contribution in [-0.2, 0) is 9.59 Å². The van der Waals surface area contributed by atoms with Gasteiger partial charge in [0.1, 0.15) is 0 Å². The van der Waals surface area contributed by atoms with Crippen LogP contribution in [0, 0.1) is 5.41 Å². The molecular formula is C17H27N3O2. The fraction of sp³-hybridized carbons (Fsp3) is 0.529. The molecule has 0 bridgehead atoms. The van der Waals surface area contributed by atoms with E-state index in [0.29, 0.717) is 5.69 Å². The van der Waals surface area contributed by atoms with E-state index >= 15 is 0 Å². The molecule has 0 aliphatic carbocycles. The van der Waals surface area contributed by atoms with E-state index in [2.05, 4.69) is 16.0 Å². The molecule has 2 amide bonds. The van der Waals surface area contributed by atoms with E-state index in [1.54, 1.807) is 0 Å². The van der Waals surface area contributed by atoms with Gasteiger partial charge in [0.25, 0.3) is 0 Å². The van der Waals surface area contributed by atoms with Crippen molar-refractivity contribution in [2.45, 2.75) is 47.1 Å². The third kappa shape index (κ3) is 6.16. The molecule has 0 saturated heterocycles. The highest BCUT2D eigenvalue weighted by Gasteiger charge is 2.21. The van der Waals surface area contributed by atoms with Crippen LogP contribution in [0.3, 0.4) is 0 Å². The number of amides is 2. The van der Waals surface area contributed by atoms with Crippen LogP contribution in [0.4, 0.5) is 11.4 Å².